The SMILES string of the molecule is COC(=O)C(C)(C)COc1c(-c2cccc3c2CCC3=O)ccc(OC)c1OC(O)(O)O. The van der Waals surface area contributed by atoms with Gasteiger partial charge in [0.2, 0.25) is 5.75 Å². The molecule has 9 heteroatoms. The van der Waals surface area contributed by atoms with Crippen molar-refractivity contribution in [3.63, 3.8) is 0 Å². The van der Waals surface area contributed by atoms with Crippen molar-refractivity contribution in [1.29, 1.82) is 0 Å². The molecule has 0 heterocycles. The average molecular weight is 446 g/mol. The largest absolute Gasteiger partial charge is 0.493 e. The van der Waals surface area contributed by atoms with Crippen LogP contribution in [0.1, 0.15) is 36.2 Å². The topological polar surface area (TPSA) is 132 Å². The molecule has 0 saturated carbocycles. The lowest BCUT2D eigenvalue weighted by atomic mass is 9.94. The number of esters is 1. The number of Topliss-reactive ketones (excluding diaryl/α,β-unsaturated/α-hetero) is 1. The second-order valence-corrected chi connectivity index (χ2v) is 8.07. The normalized spacial score (nSPS) is 13.5. The molecule has 0 aromatic heterocycles. The molecule has 3 rings (SSSR count). The number of methoxy groups -OCH3 is 2. The zero-order valence-electron chi connectivity index (χ0n) is 18.3. The molecule has 1 aliphatic rings. The van der Waals surface area contributed by atoms with Crippen LogP contribution in [-0.2, 0) is 16.0 Å². The van der Waals surface area contributed by atoms with Crippen molar-refractivity contribution in [3.05, 3.63) is 41.5 Å². The molecule has 0 amide bonds. The van der Waals surface area contributed by atoms with Gasteiger partial charge >= 0.3 is 12.1 Å². The zero-order chi connectivity index (χ0) is 23.7. The molecule has 172 valence electrons. The van der Waals surface area contributed by atoms with Gasteiger partial charge in [-0.1, -0.05) is 18.2 Å². The summed E-state index contributed by atoms with van der Waals surface area (Å²) in [6.07, 6.45) is -2.61. The third kappa shape index (κ3) is 4.69. The van der Waals surface area contributed by atoms with Gasteiger partial charge in [0.15, 0.2) is 17.3 Å². The minimum absolute atomic E-state index is 0.00407. The number of rotatable bonds is 8. The van der Waals surface area contributed by atoms with Crippen LogP contribution in [0.3, 0.4) is 0 Å². The maximum absolute atomic E-state index is 12.2. The third-order valence-corrected chi connectivity index (χ3v) is 5.22. The molecule has 0 aliphatic heterocycles. The maximum atomic E-state index is 12.2. The highest BCUT2D eigenvalue weighted by Gasteiger charge is 2.34. The van der Waals surface area contributed by atoms with E-state index in [1.807, 2.05) is 0 Å². The summed E-state index contributed by atoms with van der Waals surface area (Å²) in [7, 11) is 2.59. The Morgan fingerprint density at radius 2 is 1.66 bits per heavy atom. The first-order valence-electron chi connectivity index (χ1n) is 9.92. The summed E-state index contributed by atoms with van der Waals surface area (Å²) in [5, 5.41) is 28.4. The van der Waals surface area contributed by atoms with Gasteiger partial charge in [-0.3, -0.25) is 9.59 Å². The van der Waals surface area contributed by atoms with Crippen LogP contribution in [0, 0.1) is 5.41 Å². The number of hydrogen-bond donors (Lipinski definition) is 3. The Labute approximate surface area is 185 Å². The van der Waals surface area contributed by atoms with Crippen LogP contribution in [-0.4, -0.2) is 54.1 Å². The summed E-state index contributed by atoms with van der Waals surface area (Å²) in [4.78, 5) is 24.3. The minimum Gasteiger partial charge on any atom is -0.493 e. The van der Waals surface area contributed by atoms with E-state index in [2.05, 4.69) is 0 Å². The first-order valence-corrected chi connectivity index (χ1v) is 9.92. The van der Waals surface area contributed by atoms with Gasteiger partial charge in [0.1, 0.15) is 6.61 Å². The Morgan fingerprint density at radius 3 is 2.28 bits per heavy atom. The van der Waals surface area contributed by atoms with Gasteiger partial charge in [-0.2, -0.15) is 0 Å². The molecule has 2 aromatic rings. The molecule has 2 aromatic carbocycles. The predicted molar refractivity (Wildman–Crippen MR) is 112 cm³/mol. The van der Waals surface area contributed by atoms with Crippen LogP contribution in [0.5, 0.6) is 17.2 Å². The lowest BCUT2D eigenvalue weighted by molar-refractivity contribution is -0.420. The fourth-order valence-electron chi connectivity index (χ4n) is 3.63. The average Bonchev–Trinajstić information content (AvgIpc) is 3.12. The van der Waals surface area contributed by atoms with Crippen LogP contribution in [0.2, 0.25) is 0 Å². The van der Waals surface area contributed by atoms with Crippen LogP contribution >= 0.6 is 0 Å². The number of aliphatic hydroxyl groups is 3. The molecule has 0 radical (unpaired) electrons. The summed E-state index contributed by atoms with van der Waals surface area (Å²) in [6, 6.07) is 8.45. The molecule has 1 aliphatic carbocycles. The highest BCUT2D eigenvalue weighted by Crippen LogP contribution is 2.48. The highest BCUT2D eigenvalue weighted by molar-refractivity contribution is 6.02. The Hall–Kier alpha value is -3.14. The highest BCUT2D eigenvalue weighted by atomic mass is 16.9. The Bertz CT molecular complexity index is 1030. The van der Waals surface area contributed by atoms with Gasteiger partial charge in [-0.15, -0.1) is 0 Å². The molecule has 0 fully saturated rings. The van der Waals surface area contributed by atoms with Crippen molar-refractivity contribution >= 4 is 11.8 Å². The summed E-state index contributed by atoms with van der Waals surface area (Å²) in [5.74, 6) is -0.738. The molecule has 0 spiro atoms. The van der Waals surface area contributed by atoms with Crippen LogP contribution in [0.25, 0.3) is 11.1 Å². The molecule has 0 atom stereocenters. The number of carbonyl (C=O) groups is 2. The summed E-state index contributed by atoms with van der Waals surface area (Å²) >= 11 is 0. The van der Waals surface area contributed by atoms with Crippen molar-refractivity contribution in [1.82, 2.24) is 0 Å². The molecule has 0 saturated heterocycles. The van der Waals surface area contributed by atoms with E-state index in [0.717, 1.165) is 5.56 Å². The van der Waals surface area contributed by atoms with E-state index in [0.29, 0.717) is 29.5 Å². The van der Waals surface area contributed by atoms with Crippen molar-refractivity contribution in [2.45, 2.75) is 32.8 Å². The number of fused-ring (bicyclic) bond motifs is 1. The smallest absolute Gasteiger partial charge is 0.453 e. The van der Waals surface area contributed by atoms with E-state index in [1.165, 1.54) is 20.3 Å². The molecule has 3 N–H and O–H groups in total. The van der Waals surface area contributed by atoms with Crippen molar-refractivity contribution in [2.75, 3.05) is 20.8 Å². The van der Waals surface area contributed by atoms with Gasteiger partial charge in [-0.05, 0) is 43.5 Å². The van der Waals surface area contributed by atoms with E-state index in [9.17, 15) is 24.9 Å². The zero-order valence-corrected chi connectivity index (χ0v) is 18.3. The van der Waals surface area contributed by atoms with Crippen molar-refractivity contribution < 1.29 is 43.9 Å². The Kier molecular flexibility index (Phi) is 6.45. The lowest BCUT2D eigenvalue weighted by Gasteiger charge is -2.26. The standard InChI is InChI=1S/C23H26O9/c1-22(2,21(25)30-4)12-31-19-16(9-11-18(29-3)20(19)32-23(26,27)28)13-6-5-7-15-14(13)8-10-17(15)24/h5-7,9,11,26-28H,8,10,12H2,1-4H3. The number of hydrogen-bond acceptors (Lipinski definition) is 9. The van der Waals surface area contributed by atoms with Crippen LogP contribution in [0.4, 0.5) is 0 Å². The second kappa shape index (κ2) is 8.78. The maximum Gasteiger partial charge on any atom is 0.453 e. The number of ether oxygens (including phenoxy) is 4. The van der Waals surface area contributed by atoms with Crippen molar-refractivity contribution in [2.24, 2.45) is 5.41 Å². The predicted octanol–water partition coefficient (Wildman–Crippen LogP) is 2.04. The fraction of sp³-hybridized carbons (Fsp3) is 0.391. The quantitative estimate of drug-likeness (QED) is 0.412. The Balaban J connectivity index is 2.19. The van der Waals surface area contributed by atoms with Gasteiger partial charge < -0.3 is 34.3 Å². The van der Waals surface area contributed by atoms with E-state index in [-0.39, 0.29) is 29.6 Å². The third-order valence-electron chi connectivity index (χ3n) is 5.22. The van der Waals surface area contributed by atoms with E-state index >= 15 is 0 Å². The van der Waals surface area contributed by atoms with Gasteiger partial charge in [0, 0.05) is 17.5 Å². The monoisotopic (exact) mass is 446 g/mol. The van der Waals surface area contributed by atoms with Gasteiger partial charge in [0.05, 0.1) is 19.6 Å². The van der Waals surface area contributed by atoms with Gasteiger partial charge in [-0.25, -0.2) is 0 Å². The van der Waals surface area contributed by atoms with Crippen LogP contribution < -0.4 is 14.2 Å². The molecule has 9 nitrogen and oxygen atoms in total. The first kappa shape index (κ1) is 23.5. The molecule has 0 unspecified atom stereocenters. The summed E-state index contributed by atoms with van der Waals surface area (Å²) in [6.45, 7) is 3.07. The number of carbonyl (C=O) groups excluding carboxylic acids is 2. The van der Waals surface area contributed by atoms with Gasteiger partial charge in [0.25, 0.3) is 0 Å². The van der Waals surface area contributed by atoms with Crippen LogP contribution in [0.15, 0.2) is 30.3 Å². The first-order chi connectivity index (χ1) is 15.0. The fourth-order valence-corrected chi connectivity index (χ4v) is 3.63. The molecular weight excluding hydrogens is 420 g/mol. The molecular formula is C23H26O9. The number of benzene rings is 2. The minimum atomic E-state index is -3.52. The summed E-state index contributed by atoms with van der Waals surface area (Å²) in [5.41, 5.74) is 1.48. The van der Waals surface area contributed by atoms with E-state index in [4.69, 9.17) is 18.9 Å². The van der Waals surface area contributed by atoms with E-state index < -0.39 is 17.5 Å². The molecule has 32 heavy (non-hydrogen) atoms. The number of ketones is 1. The second-order valence-electron chi connectivity index (χ2n) is 8.07. The van der Waals surface area contributed by atoms with E-state index in [1.54, 1.807) is 38.1 Å². The summed E-state index contributed by atoms with van der Waals surface area (Å²) < 4.78 is 21.0. The lowest BCUT2D eigenvalue weighted by Crippen LogP contribution is -2.35. The Morgan fingerprint density at radius 1 is 0.969 bits per heavy atom. The van der Waals surface area contributed by atoms with Crippen molar-refractivity contribution in [3.8, 4) is 28.4 Å². The molecule has 0 bridgehead atoms.